The molecule has 1 aliphatic carbocycles. The predicted molar refractivity (Wildman–Crippen MR) is 83.9 cm³/mol. The molecular formula is C17H26N2O. The van der Waals surface area contributed by atoms with Crippen LogP contribution in [0.5, 0.6) is 0 Å². The first-order valence-corrected chi connectivity index (χ1v) is 7.73. The van der Waals surface area contributed by atoms with Gasteiger partial charge in [-0.3, -0.25) is 4.79 Å². The van der Waals surface area contributed by atoms with Crippen LogP contribution in [-0.2, 0) is 11.2 Å². The first-order valence-electron chi connectivity index (χ1n) is 7.73. The Morgan fingerprint density at radius 3 is 2.60 bits per heavy atom. The number of rotatable bonds is 4. The first-order chi connectivity index (χ1) is 9.67. The van der Waals surface area contributed by atoms with Crippen molar-refractivity contribution in [3.8, 4) is 0 Å². The van der Waals surface area contributed by atoms with Gasteiger partial charge < -0.3 is 10.6 Å². The molecule has 1 saturated carbocycles. The third-order valence-electron chi connectivity index (χ3n) is 4.23. The highest BCUT2D eigenvalue weighted by atomic mass is 16.1. The zero-order chi connectivity index (χ0) is 14.4. The van der Waals surface area contributed by atoms with Crippen LogP contribution in [0.1, 0.15) is 44.6 Å². The van der Waals surface area contributed by atoms with Crippen molar-refractivity contribution < 1.29 is 4.79 Å². The van der Waals surface area contributed by atoms with Crippen LogP contribution in [0.2, 0.25) is 0 Å². The van der Waals surface area contributed by atoms with Crippen LogP contribution in [0.4, 0.5) is 5.69 Å². The molecule has 110 valence electrons. The fourth-order valence-electron chi connectivity index (χ4n) is 2.86. The Labute approximate surface area is 122 Å². The Morgan fingerprint density at radius 1 is 1.15 bits per heavy atom. The van der Waals surface area contributed by atoms with Gasteiger partial charge in [-0.15, -0.1) is 0 Å². The molecule has 1 aliphatic rings. The van der Waals surface area contributed by atoms with Crippen molar-refractivity contribution in [3.63, 3.8) is 0 Å². The van der Waals surface area contributed by atoms with Crippen LogP contribution < -0.4 is 10.6 Å². The van der Waals surface area contributed by atoms with Gasteiger partial charge in [0.25, 0.3) is 0 Å². The number of benzene rings is 1. The minimum atomic E-state index is 0.0588. The standard InChI is InChI=1S/C17H26N2O/c1-13-4-3-5-15(9-6-13)19-16-10-7-14(8-11-16)12-17(20)18-2/h7-8,10-11,13,15,19H,3-6,9,12H2,1-2H3,(H,18,20). The van der Waals surface area contributed by atoms with E-state index in [4.69, 9.17) is 0 Å². The van der Waals surface area contributed by atoms with E-state index in [1.807, 2.05) is 12.1 Å². The molecule has 1 aromatic carbocycles. The maximum atomic E-state index is 11.3. The summed E-state index contributed by atoms with van der Waals surface area (Å²) in [6.45, 7) is 2.36. The molecule has 0 heterocycles. The van der Waals surface area contributed by atoms with Crippen molar-refractivity contribution >= 4 is 11.6 Å². The van der Waals surface area contributed by atoms with Gasteiger partial charge in [0.05, 0.1) is 6.42 Å². The summed E-state index contributed by atoms with van der Waals surface area (Å²) in [5, 5.41) is 6.29. The van der Waals surface area contributed by atoms with Crippen LogP contribution >= 0.6 is 0 Å². The molecule has 3 heteroatoms. The number of nitrogens with one attached hydrogen (secondary N) is 2. The third kappa shape index (κ3) is 4.55. The molecule has 2 rings (SSSR count). The molecule has 0 bridgehead atoms. The Hall–Kier alpha value is -1.51. The van der Waals surface area contributed by atoms with E-state index in [0.717, 1.165) is 11.5 Å². The summed E-state index contributed by atoms with van der Waals surface area (Å²) in [6, 6.07) is 8.86. The number of carbonyl (C=O) groups is 1. The lowest BCUT2D eigenvalue weighted by Crippen LogP contribution is -2.20. The van der Waals surface area contributed by atoms with E-state index >= 15 is 0 Å². The molecule has 2 N–H and O–H groups in total. The highest BCUT2D eigenvalue weighted by molar-refractivity contribution is 5.78. The lowest BCUT2D eigenvalue weighted by molar-refractivity contribution is -0.119. The minimum absolute atomic E-state index is 0.0588. The lowest BCUT2D eigenvalue weighted by Gasteiger charge is -2.18. The van der Waals surface area contributed by atoms with Crippen molar-refractivity contribution in [1.82, 2.24) is 5.32 Å². The summed E-state index contributed by atoms with van der Waals surface area (Å²) in [4.78, 5) is 11.3. The van der Waals surface area contributed by atoms with Crippen molar-refractivity contribution in [2.24, 2.45) is 5.92 Å². The molecule has 2 unspecified atom stereocenters. The van der Waals surface area contributed by atoms with E-state index in [2.05, 4.69) is 29.7 Å². The SMILES string of the molecule is CNC(=O)Cc1ccc(NC2CCCC(C)CC2)cc1. The van der Waals surface area contributed by atoms with Crippen LogP contribution in [0.3, 0.4) is 0 Å². The van der Waals surface area contributed by atoms with Gasteiger partial charge in [0, 0.05) is 18.8 Å². The summed E-state index contributed by atoms with van der Waals surface area (Å²) >= 11 is 0. The van der Waals surface area contributed by atoms with Crippen molar-refractivity contribution in [2.45, 2.75) is 51.5 Å². The fraction of sp³-hybridized carbons (Fsp3) is 0.588. The molecule has 2 atom stereocenters. The summed E-state index contributed by atoms with van der Waals surface area (Å²) in [5.74, 6) is 0.931. The van der Waals surface area contributed by atoms with Gasteiger partial charge >= 0.3 is 0 Å². The van der Waals surface area contributed by atoms with Gasteiger partial charge in [0.15, 0.2) is 0 Å². The molecule has 20 heavy (non-hydrogen) atoms. The second kappa shape index (κ2) is 7.32. The number of anilines is 1. The number of carbonyl (C=O) groups excluding carboxylic acids is 1. The summed E-state index contributed by atoms with van der Waals surface area (Å²) in [6.07, 6.45) is 7.01. The minimum Gasteiger partial charge on any atom is -0.382 e. The number of likely N-dealkylation sites (N-methyl/N-ethyl adjacent to an activating group) is 1. The van der Waals surface area contributed by atoms with E-state index in [1.165, 1.54) is 37.8 Å². The molecule has 1 fully saturated rings. The molecule has 0 spiro atoms. The number of hydrogen-bond acceptors (Lipinski definition) is 2. The Morgan fingerprint density at radius 2 is 1.90 bits per heavy atom. The Balaban J connectivity index is 1.88. The average Bonchev–Trinajstić information content (AvgIpc) is 2.66. The molecule has 0 aliphatic heterocycles. The topological polar surface area (TPSA) is 41.1 Å². The van der Waals surface area contributed by atoms with Crippen LogP contribution in [-0.4, -0.2) is 19.0 Å². The smallest absolute Gasteiger partial charge is 0.224 e. The van der Waals surface area contributed by atoms with E-state index < -0.39 is 0 Å². The molecule has 1 aromatic rings. The highest BCUT2D eigenvalue weighted by Gasteiger charge is 2.15. The van der Waals surface area contributed by atoms with E-state index in [1.54, 1.807) is 7.05 Å². The number of amides is 1. The molecule has 0 radical (unpaired) electrons. The third-order valence-corrected chi connectivity index (χ3v) is 4.23. The van der Waals surface area contributed by atoms with E-state index in [9.17, 15) is 4.79 Å². The quantitative estimate of drug-likeness (QED) is 0.827. The zero-order valence-electron chi connectivity index (χ0n) is 12.6. The molecular weight excluding hydrogens is 248 g/mol. The van der Waals surface area contributed by atoms with Crippen LogP contribution in [0, 0.1) is 5.92 Å². The van der Waals surface area contributed by atoms with Crippen molar-refractivity contribution in [3.05, 3.63) is 29.8 Å². The molecule has 0 saturated heterocycles. The monoisotopic (exact) mass is 274 g/mol. The van der Waals surface area contributed by atoms with Crippen LogP contribution in [0.15, 0.2) is 24.3 Å². The van der Waals surface area contributed by atoms with E-state index in [-0.39, 0.29) is 5.91 Å². The summed E-state index contributed by atoms with van der Waals surface area (Å²) in [5.41, 5.74) is 2.23. The second-order valence-electron chi connectivity index (χ2n) is 6.00. The first kappa shape index (κ1) is 14.9. The van der Waals surface area contributed by atoms with Gasteiger partial charge in [0.1, 0.15) is 0 Å². The fourth-order valence-corrected chi connectivity index (χ4v) is 2.86. The normalized spacial score (nSPS) is 22.9. The maximum Gasteiger partial charge on any atom is 0.224 e. The Kier molecular flexibility index (Phi) is 5.45. The number of hydrogen-bond donors (Lipinski definition) is 2. The maximum absolute atomic E-state index is 11.3. The van der Waals surface area contributed by atoms with Gasteiger partial charge in [-0.1, -0.05) is 31.9 Å². The largest absolute Gasteiger partial charge is 0.382 e. The summed E-state index contributed by atoms with van der Waals surface area (Å²) in [7, 11) is 1.67. The van der Waals surface area contributed by atoms with E-state index in [0.29, 0.717) is 12.5 Å². The molecule has 0 aromatic heterocycles. The van der Waals surface area contributed by atoms with Gasteiger partial charge in [0.2, 0.25) is 5.91 Å². The van der Waals surface area contributed by atoms with Gasteiger partial charge in [-0.2, -0.15) is 0 Å². The lowest BCUT2D eigenvalue weighted by atomic mass is 10.0. The van der Waals surface area contributed by atoms with Gasteiger partial charge in [-0.25, -0.2) is 0 Å². The molecule has 1 amide bonds. The van der Waals surface area contributed by atoms with Crippen molar-refractivity contribution in [1.29, 1.82) is 0 Å². The highest BCUT2D eigenvalue weighted by Crippen LogP contribution is 2.25. The van der Waals surface area contributed by atoms with Gasteiger partial charge in [-0.05, 0) is 42.9 Å². The summed E-state index contributed by atoms with van der Waals surface area (Å²) < 4.78 is 0. The predicted octanol–water partition coefficient (Wildman–Crippen LogP) is 3.36. The second-order valence-corrected chi connectivity index (χ2v) is 6.00. The van der Waals surface area contributed by atoms with Crippen LogP contribution in [0.25, 0.3) is 0 Å². The van der Waals surface area contributed by atoms with Crippen molar-refractivity contribution in [2.75, 3.05) is 12.4 Å². The molecule has 3 nitrogen and oxygen atoms in total. The Bertz CT molecular complexity index is 427. The average molecular weight is 274 g/mol. The zero-order valence-corrected chi connectivity index (χ0v) is 12.6.